The van der Waals surface area contributed by atoms with Crippen molar-refractivity contribution in [1.82, 2.24) is 5.32 Å². The van der Waals surface area contributed by atoms with Gasteiger partial charge in [-0.15, -0.1) is 0 Å². The minimum absolute atomic E-state index is 0.766. The van der Waals surface area contributed by atoms with Crippen molar-refractivity contribution in [1.29, 1.82) is 0 Å². The fourth-order valence-corrected chi connectivity index (χ4v) is 1.55. The monoisotopic (exact) mass is 173 g/mol. The molecule has 12 heavy (non-hydrogen) atoms. The van der Waals surface area contributed by atoms with E-state index in [0.717, 1.165) is 25.0 Å². The van der Waals surface area contributed by atoms with Crippen LogP contribution in [-0.4, -0.2) is 27.3 Å². The summed E-state index contributed by atoms with van der Waals surface area (Å²) in [7, 11) is 3.79. The molecule has 0 spiro atoms. The van der Waals surface area contributed by atoms with Crippen LogP contribution < -0.4 is 5.32 Å². The summed E-state index contributed by atoms with van der Waals surface area (Å²) in [5.74, 6) is 1.56. The third-order valence-corrected chi connectivity index (χ3v) is 2.57. The van der Waals surface area contributed by atoms with E-state index in [4.69, 9.17) is 4.74 Å². The standard InChI is InChI=1S/C10H23NO/c1-5-10(8-11-3)9(2)6-7-12-4/h9-11H,5-8H2,1-4H3. The summed E-state index contributed by atoms with van der Waals surface area (Å²) in [5.41, 5.74) is 0. The summed E-state index contributed by atoms with van der Waals surface area (Å²) < 4.78 is 5.06. The van der Waals surface area contributed by atoms with E-state index in [1.165, 1.54) is 12.8 Å². The van der Waals surface area contributed by atoms with Crippen LogP contribution in [0.25, 0.3) is 0 Å². The molecule has 2 nitrogen and oxygen atoms in total. The van der Waals surface area contributed by atoms with Crippen molar-refractivity contribution in [2.24, 2.45) is 11.8 Å². The number of methoxy groups -OCH3 is 1. The van der Waals surface area contributed by atoms with E-state index in [-0.39, 0.29) is 0 Å². The van der Waals surface area contributed by atoms with Gasteiger partial charge in [-0.25, -0.2) is 0 Å². The Labute approximate surface area is 76.7 Å². The average Bonchev–Trinajstić information content (AvgIpc) is 2.10. The molecule has 0 saturated heterocycles. The molecule has 0 aromatic carbocycles. The summed E-state index contributed by atoms with van der Waals surface area (Å²) in [6.07, 6.45) is 2.43. The highest BCUT2D eigenvalue weighted by Crippen LogP contribution is 2.17. The summed E-state index contributed by atoms with van der Waals surface area (Å²) in [4.78, 5) is 0. The van der Waals surface area contributed by atoms with Crippen molar-refractivity contribution in [3.63, 3.8) is 0 Å². The molecular formula is C10H23NO. The maximum Gasteiger partial charge on any atom is 0.0464 e. The highest BCUT2D eigenvalue weighted by molar-refractivity contribution is 4.66. The lowest BCUT2D eigenvalue weighted by Gasteiger charge is -2.21. The zero-order chi connectivity index (χ0) is 9.40. The van der Waals surface area contributed by atoms with Crippen molar-refractivity contribution in [2.45, 2.75) is 26.7 Å². The van der Waals surface area contributed by atoms with Crippen molar-refractivity contribution in [2.75, 3.05) is 27.3 Å². The summed E-state index contributed by atoms with van der Waals surface area (Å²) in [6, 6.07) is 0. The second-order valence-electron chi connectivity index (χ2n) is 3.48. The second-order valence-corrected chi connectivity index (χ2v) is 3.48. The van der Waals surface area contributed by atoms with Crippen molar-refractivity contribution < 1.29 is 4.74 Å². The minimum Gasteiger partial charge on any atom is -0.385 e. The minimum atomic E-state index is 0.766. The van der Waals surface area contributed by atoms with Crippen LogP contribution >= 0.6 is 0 Å². The van der Waals surface area contributed by atoms with Gasteiger partial charge in [0.25, 0.3) is 0 Å². The van der Waals surface area contributed by atoms with E-state index in [1.807, 2.05) is 7.05 Å². The van der Waals surface area contributed by atoms with Crippen LogP contribution in [-0.2, 0) is 4.74 Å². The Morgan fingerprint density at radius 1 is 1.42 bits per heavy atom. The van der Waals surface area contributed by atoms with Crippen LogP contribution in [0.2, 0.25) is 0 Å². The van der Waals surface area contributed by atoms with E-state index >= 15 is 0 Å². The van der Waals surface area contributed by atoms with E-state index in [1.54, 1.807) is 7.11 Å². The van der Waals surface area contributed by atoms with Crippen LogP contribution in [0.3, 0.4) is 0 Å². The predicted octanol–water partition coefficient (Wildman–Crippen LogP) is 1.90. The van der Waals surface area contributed by atoms with Gasteiger partial charge in [0.2, 0.25) is 0 Å². The SMILES string of the molecule is CCC(CNC)C(C)CCOC. The second kappa shape index (κ2) is 7.56. The first-order valence-corrected chi connectivity index (χ1v) is 4.89. The molecule has 0 rings (SSSR count). The Bertz CT molecular complexity index is 95.8. The maximum atomic E-state index is 5.06. The Morgan fingerprint density at radius 2 is 2.08 bits per heavy atom. The predicted molar refractivity (Wildman–Crippen MR) is 53.4 cm³/mol. The molecule has 0 saturated carbocycles. The lowest BCUT2D eigenvalue weighted by Crippen LogP contribution is -2.24. The average molecular weight is 173 g/mol. The first kappa shape index (κ1) is 11.9. The van der Waals surface area contributed by atoms with Crippen molar-refractivity contribution in [3.8, 4) is 0 Å². The van der Waals surface area contributed by atoms with Gasteiger partial charge in [-0.2, -0.15) is 0 Å². The molecule has 2 unspecified atom stereocenters. The largest absolute Gasteiger partial charge is 0.385 e. The van der Waals surface area contributed by atoms with E-state index < -0.39 is 0 Å². The number of hydrogen-bond acceptors (Lipinski definition) is 2. The fraction of sp³-hybridized carbons (Fsp3) is 1.00. The fourth-order valence-electron chi connectivity index (χ4n) is 1.55. The smallest absolute Gasteiger partial charge is 0.0464 e. The maximum absolute atomic E-state index is 5.06. The molecule has 0 heterocycles. The van der Waals surface area contributed by atoms with Gasteiger partial charge in [-0.05, 0) is 31.8 Å². The summed E-state index contributed by atoms with van der Waals surface area (Å²) >= 11 is 0. The van der Waals surface area contributed by atoms with E-state index in [0.29, 0.717) is 0 Å². The highest BCUT2D eigenvalue weighted by Gasteiger charge is 2.13. The first-order valence-electron chi connectivity index (χ1n) is 4.89. The van der Waals surface area contributed by atoms with Gasteiger partial charge in [0, 0.05) is 13.7 Å². The number of ether oxygens (including phenoxy) is 1. The van der Waals surface area contributed by atoms with Gasteiger partial charge in [0.15, 0.2) is 0 Å². The van der Waals surface area contributed by atoms with Gasteiger partial charge < -0.3 is 10.1 Å². The van der Waals surface area contributed by atoms with Gasteiger partial charge in [-0.3, -0.25) is 0 Å². The lowest BCUT2D eigenvalue weighted by atomic mass is 9.89. The molecule has 0 aliphatic rings. The number of rotatable bonds is 7. The Morgan fingerprint density at radius 3 is 2.50 bits per heavy atom. The molecule has 0 bridgehead atoms. The number of nitrogens with one attached hydrogen (secondary N) is 1. The van der Waals surface area contributed by atoms with Gasteiger partial charge >= 0.3 is 0 Å². The van der Waals surface area contributed by atoms with Crippen molar-refractivity contribution >= 4 is 0 Å². The Hall–Kier alpha value is -0.0800. The molecule has 0 aromatic heterocycles. The van der Waals surface area contributed by atoms with Crippen LogP contribution in [0.15, 0.2) is 0 Å². The Balaban J connectivity index is 3.60. The lowest BCUT2D eigenvalue weighted by molar-refractivity contribution is 0.163. The quantitative estimate of drug-likeness (QED) is 0.635. The zero-order valence-corrected chi connectivity index (χ0v) is 8.89. The molecule has 0 fully saturated rings. The molecule has 0 radical (unpaired) electrons. The van der Waals surface area contributed by atoms with Gasteiger partial charge in [0.1, 0.15) is 0 Å². The van der Waals surface area contributed by atoms with Crippen LogP contribution in [0.5, 0.6) is 0 Å². The van der Waals surface area contributed by atoms with Crippen LogP contribution in [0.1, 0.15) is 26.7 Å². The third kappa shape index (κ3) is 4.73. The molecule has 0 aliphatic carbocycles. The molecule has 0 aliphatic heterocycles. The van der Waals surface area contributed by atoms with Gasteiger partial charge in [0.05, 0.1) is 0 Å². The van der Waals surface area contributed by atoms with Crippen LogP contribution in [0.4, 0.5) is 0 Å². The normalized spacial score (nSPS) is 16.0. The van der Waals surface area contributed by atoms with Gasteiger partial charge in [-0.1, -0.05) is 20.3 Å². The first-order chi connectivity index (χ1) is 5.76. The molecule has 2 atom stereocenters. The molecular weight excluding hydrogens is 150 g/mol. The third-order valence-electron chi connectivity index (χ3n) is 2.57. The molecule has 74 valence electrons. The Kier molecular flexibility index (Phi) is 7.51. The molecule has 0 aromatic rings. The summed E-state index contributed by atoms with van der Waals surface area (Å²) in [6.45, 7) is 6.58. The summed E-state index contributed by atoms with van der Waals surface area (Å²) in [5, 5.41) is 3.24. The van der Waals surface area contributed by atoms with Crippen LogP contribution in [0, 0.1) is 11.8 Å². The van der Waals surface area contributed by atoms with E-state index in [9.17, 15) is 0 Å². The van der Waals surface area contributed by atoms with E-state index in [2.05, 4.69) is 19.2 Å². The molecule has 2 heteroatoms. The van der Waals surface area contributed by atoms with Crippen molar-refractivity contribution in [3.05, 3.63) is 0 Å². The number of hydrogen-bond donors (Lipinski definition) is 1. The molecule has 0 amide bonds. The highest BCUT2D eigenvalue weighted by atomic mass is 16.5. The zero-order valence-electron chi connectivity index (χ0n) is 8.89. The topological polar surface area (TPSA) is 21.3 Å². The molecule has 1 N–H and O–H groups in total.